The molecule has 3 heterocycles. The molecule has 0 fully saturated rings. The third-order valence-electron chi connectivity index (χ3n) is 8.24. The van der Waals surface area contributed by atoms with Crippen LogP contribution in [0.4, 0.5) is 0 Å². The first-order valence-electron chi connectivity index (χ1n) is 14.6. The largest absolute Gasteiger partial charge is 0.456 e. The maximum absolute atomic E-state index is 6.33. The number of aromatic nitrogens is 4. The summed E-state index contributed by atoms with van der Waals surface area (Å²) < 4.78 is 8.65. The summed E-state index contributed by atoms with van der Waals surface area (Å²) in [5.41, 5.74) is 7.90. The second kappa shape index (κ2) is 9.75. The van der Waals surface area contributed by atoms with E-state index in [-0.39, 0.29) is 0 Å². The maximum atomic E-state index is 6.33. The first-order valence-corrected chi connectivity index (χ1v) is 14.6. The molecule has 9 rings (SSSR count). The molecule has 5 nitrogen and oxygen atoms in total. The fourth-order valence-electron chi connectivity index (χ4n) is 6.17. The van der Waals surface area contributed by atoms with Gasteiger partial charge >= 0.3 is 0 Å². The molecule has 0 radical (unpaired) electrons. The predicted octanol–water partition coefficient (Wildman–Crippen LogP) is 9.87. The van der Waals surface area contributed by atoms with Gasteiger partial charge in [0.25, 0.3) is 0 Å². The quantitative estimate of drug-likeness (QED) is 0.213. The van der Waals surface area contributed by atoms with Gasteiger partial charge in [0.2, 0.25) is 0 Å². The molecule has 0 aliphatic carbocycles. The normalized spacial score (nSPS) is 11.6. The van der Waals surface area contributed by atoms with Gasteiger partial charge in [0, 0.05) is 43.9 Å². The Labute approximate surface area is 252 Å². The number of nitrogens with zero attached hydrogens (tertiary/aromatic N) is 4. The summed E-state index contributed by atoms with van der Waals surface area (Å²) >= 11 is 0. The van der Waals surface area contributed by atoms with Crippen molar-refractivity contribution in [2.24, 2.45) is 0 Å². The van der Waals surface area contributed by atoms with Crippen molar-refractivity contribution in [2.45, 2.75) is 0 Å². The van der Waals surface area contributed by atoms with E-state index >= 15 is 0 Å². The number of para-hydroxylation sites is 2. The van der Waals surface area contributed by atoms with Crippen molar-refractivity contribution in [2.75, 3.05) is 0 Å². The van der Waals surface area contributed by atoms with Gasteiger partial charge in [0.1, 0.15) is 11.2 Å². The molecule has 9 aromatic rings. The van der Waals surface area contributed by atoms with Crippen LogP contribution in [-0.2, 0) is 0 Å². The molecule has 206 valence electrons. The molecule has 0 atom stereocenters. The van der Waals surface area contributed by atoms with Crippen LogP contribution in [0.2, 0.25) is 0 Å². The SMILES string of the molecule is c1ccc(-c2nc(-c3ccccc3)nc(-c3ccc4c(c3)c3cc5oc6ccccc6c5cc3n4-c3ccccc3)n2)cc1. The molecular formula is C39H24N4O. The fourth-order valence-corrected chi connectivity index (χ4v) is 6.17. The van der Waals surface area contributed by atoms with Crippen LogP contribution < -0.4 is 0 Å². The summed E-state index contributed by atoms with van der Waals surface area (Å²) in [5.74, 6) is 1.92. The zero-order chi connectivity index (χ0) is 29.0. The van der Waals surface area contributed by atoms with E-state index in [1.165, 1.54) is 0 Å². The third-order valence-corrected chi connectivity index (χ3v) is 8.24. The minimum atomic E-state index is 0.630. The third kappa shape index (κ3) is 3.91. The van der Waals surface area contributed by atoms with Crippen LogP contribution in [0.25, 0.3) is 83.6 Å². The number of rotatable bonds is 4. The molecular weight excluding hydrogens is 540 g/mol. The Bertz CT molecular complexity index is 2420. The van der Waals surface area contributed by atoms with Crippen LogP contribution >= 0.6 is 0 Å². The zero-order valence-electron chi connectivity index (χ0n) is 23.6. The second-order valence-electron chi connectivity index (χ2n) is 10.9. The fraction of sp³-hybridized carbons (Fsp3) is 0. The van der Waals surface area contributed by atoms with E-state index in [0.717, 1.165) is 66.1 Å². The molecule has 0 saturated carbocycles. The Morgan fingerprint density at radius 1 is 0.386 bits per heavy atom. The van der Waals surface area contributed by atoms with Crippen LogP contribution in [0.15, 0.2) is 150 Å². The molecule has 0 aliphatic rings. The molecule has 0 N–H and O–H groups in total. The Hall–Kier alpha value is -6.07. The van der Waals surface area contributed by atoms with E-state index in [9.17, 15) is 0 Å². The van der Waals surface area contributed by atoms with E-state index in [1.54, 1.807) is 0 Å². The van der Waals surface area contributed by atoms with Crippen molar-refractivity contribution in [1.29, 1.82) is 0 Å². The topological polar surface area (TPSA) is 56.7 Å². The molecule has 0 unspecified atom stereocenters. The summed E-state index contributed by atoms with van der Waals surface area (Å²) in [6, 6.07) is 49.8. The summed E-state index contributed by atoms with van der Waals surface area (Å²) in [6.07, 6.45) is 0. The van der Waals surface area contributed by atoms with Crippen molar-refractivity contribution in [3.63, 3.8) is 0 Å². The minimum Gasteiger partial charge on any atom is -0.456 e. The molecule has 6 aromatic carbocycles. The summed E-state index contributed by atoms with van der Waals surface area (Å²) in [7, 11) is 0. The van der Waals surface area contributed by atoms with E-state index in [4.69, 9.17) is 19.4 Å². The summed E-state index contributed by atoms with van der Waals surface area (Å²) in [4.78, 5) is 14.8. The molecule has 0 aliphatic heterocycles. The smallest absolute Gasteiger partial charge is 0.164 e. The van der Waals surface area contributed by atoms with Crippen molar-refractivity contribution < 1.29 is 4.42 Å². The number of benzene rings is 6. The van der Waals surface area contributed by atoms with Gasteiger partial charge in [-0.25, -0.2) is 15.0 Å². The minimum absolute atomic E-state index is 0.630. The van der Waals surface area contributed by atoms with E-state index in [0.29, 0.717) is 17.5 Å². The van der Waals surface area contributed by atoms with Gasteiger partial charge in [0.15, 0.2) is 17.5 Å². The van der Waals surface area contributed by atoms with Gasteiger partial charge in [-0.15, -0.1) is 0 Å². The zero-order valence-corrected chi connectivity index (χ0v) is 23.6. The monoisotopic (exact) mass is 564 g/mol. The highest BCUT2D eigenvalue weighted by atomic mass is 16.3. The molecule has 3 aromatic heterocycles. The van der Waals surface area contributed by atoms with Crippen LogP contribution in [0.1, 0.15) is 0 Å². The Morgan fingerprint density at radius 2 is 0.955 bits per heavy atom. The number of hydrogen-bond acceptors (Lipinski definition) is 4. The standard InChI is InChI=1S/C39H24N4O/c1-4-12-25(13-5-1)37-40-38(26-14-6-2-7-15-26)42-39(41-37)27-20-21-33-30(22-27)31-24-36-32(29-18-10-11-19-35(29)44-36)23-34(31)43(33)28-16-8-3-9-17-28/h1-24H. The summed E-state index contributed by atoms with van der Waals surface area (Å²) in [5, 5.41) is 4.43. The van der Waals surface area contributed by atoms with Crippen LogP contribution in [0.3, 0.4) is 0 Å². The van der Waals surface area contributed by atoms with E-state index in [1.807, 2.05) is 78.9 Å². The molecule has 0 spiro atoms. The lowest BCUT2D eigenvalue weighted by Gasteiger charge is -2.09. The predicted molar refractivity (Wildman–Crippen MR) is 178 cm³/mol. The van der Waals surface area contributed by atoms with E-state index < -0.39 is 0 Å². The number of hydrogen-bond donors (Lipinski definition) is 0. The maximum Gasteiger partial charge on any atom is 0.164 e. The van der Waals surface area contributed by atoms with Crippen molar-refractivity contribution >= 4 is 43.7 Å². The Balaban J connectivity index is 1.32. The average molecular weight is 565 g/mol. The van der Waals surface area contributed by atoms with E-state index in [2.05, 4.69) is 71.3 Å². The second-order valence-corrected chi connectivity index (χ2v) is 10.9. The Kier molecular flexibility index (Phi) is 5.43. The van der Waals surface area contributed by atoms with Crippen molar-refractivity contribution in [3.8, 4) is 39.9 Å². The van der Waals surface area contributed by atoms with Gasteiger partial charge in [0.05, 0.1) is 11.0 Å². The average Bonchev–Trinajstić information content (AvgIpc) is 3.62. The Morgan fingerprint density at radius 3 is 1.64 bits per heavy atom. The highest BCUT2D eigenvalue weighted by molar-refractivity contribution is 6.17. The van der Waals surface area contributed by atoms with Gasteiger partial charge in [-0.2, -0.15) is 0 Å². The molecule has 5 heteroatoms. The molecule has 0 amide bonds. The van der Waals surface area contributed by atoms with Gasteiger partial charge in [-0.1, -0.05) is 97.1 Å². The molecule has 44 heavy (non-hydrogen) atoms. The number of furan rings is 1. The van der Waals surface area contributed by atoms with Crippen molar-refractivity contribution in [1.82, 2.24) is 19.5 Å². The number of fused-ring (bicyclic) bond motifs is 6. The first kappa shape index (κ1) is 24.5. The first-order chi connectivity index (χ1) is 21.8. The van der Waals surface area contributed by atoms with Crippen LogP contribution in [0.5, 0.6) is 0 Å². The van der Waals surface area contributed by atoms with Gasteiger partial charge in [-0.05, 0) is 48.5 Å². The molecule has 0 bridgehead atoms. The van der Waals surface area contributed by atoms with Crippen molar-refractivity contribution in [3.05, 3.63) is 146 Å². The lowest BCUT2D eigenvalue weighted by molar-refractivity contribution is 0.669. The van der Waals surface area contributed by atoms with Crippen LogP contribution in [0, 0.1) is 0 Å². The molecule has 0 saturated heterocycles. The van der Waals surface area contributed by atoms with Gasteiger partial charge in [-0.3, -0.25) is 0 Å². The van der Waals surface area contributed by atoms with Crippen LogP contribution in [-0.4, -0.2) is 19.5 Å². The lowest BCUT2D eigenvalue weighted by atomic mass is 10.1. The highest BCUT2D eigenvalue weighted by Gasteiger charge is 2.18. The summed E-state index contributed by atoms with van der Waals surface area (Å²) in [6.45, 7) is 0. The lowest BCUT2D eigenvalue weighted by Crippen LogP contribution is -2.00. The highest BCUT2D eigenvalue weighted by Crippen LogP contribution is 2.39. The van der Waals surface area contributed by atoms with Gasteiger partial charge < -0.3 is 8.98 Å².